The molecule has 0 aromatic heterocycles. The summed E-state index contributed by atoms with van der Waals surface area (Å²) >= 11 is 0. The second-order valence-electron chi connectivity index (χ2n) is 5.84. The van der Waals surface area contributed by atoms with Crippen LogP contribution < -0.4 is 4.90 Å². The van der Waals surface area contributed by atoms with E-state index in [2.05, 4.69) is 38.1 Å². The molecule has 1 amide bonds. The van der Waals surface area contributed by atoms with E-state index in [1.54, 1.807) is 0 Å². The van der Waals surface area contributed by atoms with Crippen molar-refractivity contribution in [3.8, 4) is 0 Å². The molecule has 92 valence electrons. The molecule has 1 heterocycles. The molecule has 0 bridgehead atoms. The molecule has 0 atom stereocenters. The van der Waals surface area contributed by atoms with Crippen LogP contribution in [0.15, 0.2) is 24.3 Å². The lowest BCUT2D eigenvalue weighted by molar-refractivity contribution is -0.123. The Morgan fingerprint density at radius 3 is 2.18 bits per heavy atom. The number of carbonyl (C=O) groups is 1. The Morgan fingerprint density at radius 1 is 1.18 bits per heavy atom. The monoisotopic (exact) mass is 231 g/mol. The highest BCUT2D eigenvalue weighted by atomic mass is 16.2. The molecule has 0 N–H and O–H groups in total. The maximum Gasteiger partial charge on any atom is 0.232 e. The van der Waals surface area contributed by atoms with E-state index in [1.807, 2.05) is 18.7 Å². The number of benzene rings is 1. The highest BCUT2D eigenvalue weighted by Gasteiger charge is 2.39. The van der Waals surface area contributed by atoms with Crippen molar-refractivity contribution in [2.75, 3.05) is 11.4 Å². The maximum absolute atomic E-state index is 12.2. The smallest absolute Gasteiger partial charge is 0.232 e. The lowest BCUT2D eigenvalue weighted by Gasteiger charge is -2.20. The van der Waals surface area contributed by atoms with Crippen LogP contribution in [-0.2, 0) is 4.79 Å². The quantitative estimate of drug-likeness (QED) is 0.762. The van der Waals surface area contributed by atoms with Crippen molar-refractivity contribution in [3.63, 3.8) is 0 Å². The molecule has 2 nitrogen and oxygen atoms in total. The Hall–Kier alpha value is -1.31. The summed E-state index contributed by atoms with van der Waals surface area (Å²) in [5, 5.41) is 0. The van der Waals surface area contributed by atoms with Gasteiger partial charge in [-0.2, -0.15) is 0 Å². The van der Waals surface area contributed by atoms with E-state index in [4.69, 9.17) is 0 Å². The molecule has 2 heteroatoms. The number of rotatable bonds is 2. The van der Waals surface area contributed by atoms with Gasteiger partial charge in [0.15, 0.2) is 0 Å². The first-order chi connectivity index (χ1) is 7.92. The van der Waals surface area contributed by atoms with Crippen LogP contribution >= 0.6 is 0 Å². The molecule has 1 aliphatic heterocycles. The minimum absolute atomic E-state index is 0.198. The molecule has 17 heavy (non-hydrogen) atoms. The summed E-state index contributed by atoms with van der Waals surface area (Å²) in [5.74, 6) is 0.782. The highest BCUT2D eigenvalue weighted by molar-refractivity contribution is 5.99. The van der Waals surface area contributed by atoms with Crippen LogP contribution in [0.25, 0.3) is 0 Å². The number of anilines is 1. The van der Waals surface area contributed by atoms with Crippen LogP contribution in [-0.4, -0.2) is 12.5 Å². The van der Waals surface area contributed by atoms with Gasteiger partial charge in [0.1, 0.15) is 0 Å². The second kappa shape index (κ2) is 4.17. The molecular weight excluding hydrogens is 210 g/mol. The van der Waals surface area contributed by atoms with E-state index < -0.39 is 0 Å². The number of hydrogen-bond donors (Lipinski definition) is 0. The molecule has 0 spiro atoms. The largest absolute Gasteiger partial charge is 0.312 e. The van der Waals surface area contributed by atoms with Gasteiger partial charge in [0, 0.05) is 17.6 Å². The summed E-state index contributed by atoms with van der Waals surface area (Å²) in [6, 6.07) is 8.38. The predicted octanol–water partition coefficient (Wildman–Crippen LogP) is 3.57. The minimum Gasteiger partial charge on any atom is -0.312 e. The van der Waals surface area contributed by atoms with Crippen molar-refractivity contribution in [3.05, 3.63) is 29.8 Å². The average molecular weight is 231 g/mol. The van der Waals surface area contributed by atoms with Gasteiger partial charge in [0.2, 0.25) is 5.91 Å². The predicted molar refractivity (Wildman–Crippen MR) is 71.3 cm³/mol. The summed E-state index contributed by atoms with van der Waals surface area (Å²) in [6.07, 6.45) is 0.942. The van der Waals surface area contributed by atoms with E-state index in [9.17, 15) is 4.79 Å². The average Bonchev–Trinajstić information content (AvgIpc) is 2.55. The normalized spacial score (nSPS) is 19.1. The van der Waals surface area contributed by atoms with Crippen LogP contribution in [0.5, 0.6) is 0 Å². The van der Waals surface area contributed by atoms with Gasteiger partial charge < -0.3 is 4.90 Å². The first kappa shape index (κ1) is 12.2. The van der Waals surface area contributed by atoms with Gasteiger partial charge in [0.25, 0.3) is 0 Å². The summed E-state index contributed by atoms with van der Waals surface area (Å²) in [7, 11) is 0. The molecule has 1 saturated heterocycles. The van der Waals surface area contributed by atoms with E-state index in [-0.39, 0.29) is 11.3 Å². The van der Waals surface area contributed by atoms with Gasteiger partial charge in [-0.15, -0.1) is 0 Å². The summed E-state index contributed by atoms with van der Waals surface area (Å²) in [5.41, 5.74) is 2.15. The third kappa shape index (κ3) is 2.21. The second-order valence-corrected chi connectivity index (χ2v) is 5.84. The summed E-state index contributed by atoms with van der Waals surface area (Å²) in [4.78, 5) is 14.1. The maximum atomic E-state index is 12.2. The van der Waals surface area contributed by atoms with Crippen LogP contribution in [0.2, 0.25) is 0 Å². The van der Waals surface area contributed by atoms with Crippen molar-refractivity contribution in [1.82, 2.24) is 0 Å². The third-order valence-corrected chi connectivity index (χ3v) is 3.66. The van der Waals surface area contributed by atoms with E-state index >= 15 is 0 Å². The fourth-order valence-electron chi connectivity index (χ4n) is 2.25. The van der Waals surface area contributed by atoms with Crippen LogP contribution in [0, 0.1) is 5.41 Å². The zero-order valence-corrected chi connectivity index (χ0v) is 11.2. The van der Waals surface area contributed by atoms with Gasteiger partial charge in [-0.3, -0.25) is 4.79 Å². The van der Waals surface area contributed by atoms with Crippen molar-refractivity contribution in [1.29, 1.82) is 0 Å². The zero-order chi connectivity index (χ0) is 12.6. The van der Waals surface area contributed by atoms with Crippen molar-refractivity contribution in [2.24, 2.45) is 5.41 Å². The van der Waals surface area contributed by atoms with Gasteiger partial charge in [-0.05, 0) is 30.0 Å². The fraction of sp³-hybridized carbons (Fsp3) is 0.533. The third-order valence-electron chi connectivity index (χ3n) is 3.66. The first-order valence-electron chi connectivity index (χ1n) is 6.34. The van der Waals surface area contributed by atoms with Gasteiger partial charge >= 0.3 is 0 Å². The number of hydrogen-bond acceptors (Lipinski definition) is 1. The molecule has 1 aliphatic rings. The van der Waals surface area contributed by atoms with Crippen LogP contribution in [0.3, 0.4) is 0 Å². The topological polar surface area (TPSA) is 20.3 Å². The molecule has 1 aromatic carbocycles. The molecule has 0 aliphatic carbocycles. The number of nitrogens with zero attached hydrogens (tertiary/aromatic N) is 1. The first-order valence-corrected chi connectivity index (χ1v) is 6.34. The van der Waals surface area contributed by atoms with Gasteiger partial charge in [0.05, 0.1) is 0 Å². The SMILES string of the molecule is CC(C)c1ccc(N2CCC(C)(C)C2=O)cc1. The van der Waals surface area contributed by atoms with Gasteiger partial charge in [-0.1, -0.05) is 39.8 Å². The Labute approximate surface area is 104 Å². The Kier molecular flexibility index (Phi) is 2.98. The zero-order valence-electron chi connectivity index (χ0n) is 11.2. The molecule has 1 fully saturated rings. The summed E-state index contributed by atoms with van der Waals surface area (Å²) < 4.78 is 0. The molecule has 0 radical (unpaired) electrons. The lowest BCUT2D eigenvalue weighted by Crippen LogP contribution is -2.30. The number of carbonyl (C=O) groups excluding carboxylic acids is 1. The Morgan fingerprint density at radius 2 is 1.76 bits per heavy atom. The minimum atomic E-state index is -0.198. The molecule has 0 saturated carbocycles. The Balaban J connectivity index is 2.22. The standard InChI is InChI=1S/C15H21NO/c1-11(2)12-5-7-13(8-6-12)16-10-9-15(3,4)14(16)17/h5-8,11H,9-10H2,1-4H3. The molecular formula is C15H21NO. The lowest BCUT2D eigenvalue weighted by atomic mass is 9.92. The van der Waals surface area contributed by atoms with Crippen molar-refractivity contribution >= 4 is 11.6 Å². The van der Waals surface area contributed by atoms with E-state index in [1.165, 1.54) is 5.56 Å². The number of amides is 1. The van der Waals surface area contributed by atoms with Crippen molar-refractivity contribution in [2.45, 2.75) is 40.0 Å². The molecule has 2 rings (SSSR count). The van der Waals surface area contributed by atoms with Crippen LogP contribution in [0.4, 0.5) is 5.69 Å². The van der Waals surface area contributed by atoms with E-state index in [0.717, 1.165) is 18.7 Å². The molecule has 0 unspecified atom stereocenters. The Bertz CT molecular complexity index is 417. The fourth-order valence-corrected chi connectivity index (χ4v) is 2.25. The van der Waals surface area contributed by atoms with E-state index in [0.29, 0.717) is 5.92 Å². The van der Waals surface area contributed by atoms with Crippen LogP contribution in [0.1, 0.15) is 45.6 Å². The van der Waals surface area contributed by atoms with Gasteiger partial charge in [-0.25, -0.2) is 0 Å². The molecule has 1 aromatic rings. The highest BCUT2D eigenvalue weighted by Crippen LogP contribution is 2.34. The van der Waals surface area contributed by atoms with Crippen molar-refractivity contribution < 1.29 is 4.79 Å². The summed E-state index contributed by atoms with van der Waals surface area (Å²) in [6.45, 7) is 9.25.